The maximum atomic E-state index is 13.9. The largest absolute Gasteiger partial charge is 0.493 e. The molecule has 0 amide bonds. The maximum absolute atomic E-state index is 13.9. The number of halogens is 2. The number of esters is 1. The molecule has 2 aromatic carbocycles. The van der Waals surface area contributed by atoms with Crippen molar-refractivity contribution >= 4 is 46.6 Å². The van der Waals surface area contributed by atoms with E-state index in [0.717, 1.165) is 0 Å². The standard InChI is InChI=1S/C31H28Cl2N2O6S/c1-6-39-30(37)26-17(4)34-31-35(28(26)18-10-12-23(40-16(2)3)24(14-18)38-5)29(36)25(42-31)15-19-11-13-22(41-19)20-8-7-9-21(32)27(20)33/h7-16,28H,6H2,1-5H3/b25-15+/t28-/m0/s1. The smallest absolute Gasteiger partial charge is 0.338 e. The van der Waals surface area contributed by atoms with Crippen LogP contribution >= 0.6 is 34.5 Å². The van der Waals surface area contributed by atoms with Gasteiger partial charge in [-0.2, -0.15) is 0 Å². The molecule has 0 N–H and O–H groups in total. The SMILES string of the molecule is CCOC(=O)C1=C(C)N=c2s/c(=C/c3ccc(-c4cccc(Cl)c4Cl)o3)c(=O)n2[C@H]1c1ccc(OC(C)C)c(OC)c1. The van der Waals surface area contributed by atoms with Crippen LogP contribution in [-0.2, 0) is 9.53 Å². The van der Waals surface area contributed by atoms with E-state index in [2.05, 4.69) is 4.99 Å². The number of aromatic nitrogens is 1. The zero-order valence-corrected chi connectivity index (χ0v) is 25.9. The summed E-state index contributed by atoms with van der Waals surface area (Å²) in [5.74, 6) is 1.43. The number of ether oxygens (including phenoxy) is 3. The van der Waals surface area contributed by atoms with Gasteiger partial charge in [0.1, 0.15) is 11.5 Å². The van der Waals surface area contributed by atoms with Gasteiger partial charge in [0, 0.05) is 11.6 Å². The molecule has 5 rings (SSSR count). The van der Waals surface area contributed by atoms with E-state index in [4.69, 9.17) is 41.8 Å². The van der Waals surface area contributed by atoms with Crippen molar-refractivity contribution in [3.05, 3.63) is 101 Å². The third-order valence-corrected chi connectivity index (χ3v) is 8.30. The fraction of sp³-hybridized carbons (Fsp3) is 0.258. The highest BCUT2D eigenvalue weighted by molar-refractivity contribution is 7.07. The van der Waals surface area contributed by atoms with Gasteiger partial charge in [-0.1, -0.05) is 46.7 Å². The van der Waals surface area contributed by atoms with Crippen LogP contribution in [0.4, 0.5) is 0 Å². The number of nitrogens with zero attached hydrogens (tertiary/aromatic N) is 2. The van der Waals surface area contributed by atoms with Crippen molar-refractivity contribution in [2.24, 2.45) is 4.99 Å². The van der Waals surface area contributed by atoms with E-state index in [9.17, 15) is 9.59 Å². The summed E-state index contributed by atoms with van der Waals surface area (Å²) < 4.78 is 24.8. The minimum atomic E-state index is -0.804. The highest BCUT2D eigenvalue weighted by Crippen LogP contribution is 2.37. The lowest BCUT2D eigenvalue weighted by molar-refractivity contribution is -0.139. The molecule has 4 aromatic rings. The van der Waals surface area contributed by atoms with Crippen LogP contribution in [0.1, 0.15) is 45.1 Å². The van der Waals surface area contributed by atoms with Gasteiger partial charge in [-0.3, -0.25) is 9.36 Å². The molecular formula is C31H28Cl2N2O6S. The van der Waals surface area contributed by atoms with Gasteiger partial charge in [-0.15, -0.1) is 0 Å². The Morgan fingerprint density at radius 1 is 1.17 bits per heavy atom. The van der Waals surface area contributed by atoms with Crippen LogP contribution in [0.15, 0.2) is 74.0 Å². The van der Waals surface area contributed by atoms with Gasteiger partial charge in [0.05, 0.1) is 51.7 Å². The predicted molar refractivity (Wildman–Crippen MR) is 163 cm³/mol. The molecule has 2 aromatic heterocycles. The number of hydrogen-bond donors (Lipinski definition) is 0. The number of carbonyl (C=O) groups excluding carboxylic acids is 1. The van der Waals surface area contributed by atoms with E-state index in [-0.39, 0.29) is 23.8 Å². The average Bonchev–Trinajstić information content (AvgIpc) is 3.53. The lowest BCUT2D eigenvalue weighted by Gasteiger charge is -2.25. The first-order valence-corrected chi connectivity index (χ1v) is 14.8. The minimum Gasteiger partial charge on any atom is -0.493 e. The first kappa shape index (κ1) is 29.7. The number of allylic oxidation sites excluding steroid dienone is 1. The molecule has 3 heterocycles. The molecule has 1 aliphatic heterocycles. The highest BCUT2D eigenvalue weighted by Gasteiger charge is 2.34. The molecule has 0 aliphatic carbocycles. The summed E-state index contributed by atoms with van der Waals surface area (Å²) in [6.07, 6.45) is 1.57. The Labute approximate surface area is 256 Å². The molecule has 11 heteroatoms. The highest BCUT2D eigenvalue weighted by atomic mass is 35.5. The summed E-state index contributed by atoms with van der Waals surface area (Å²) in [6.45, 7) is 7.48. The van der Waals surface area contributed by atoms with Gasteiger partial charge in [0.2, 0.25) is 0 Å². The fourth-order valence-electron chi connectivity index (χ4n) is 4.71. The van der Waals surface area contributed by atoms with Gasteiger partial charge < -0.3 is 18.6 Å². The van der Waals surface area contributed by atoms with Crippen LogP contribution in [0.3, 0.4) is 0 Å². The van der Waals surface area contributed by atoms with Crippen LogP contribution in [0.25, 0.3) is 17.4 Å². The molecule has 0 radical (unpaired) electrons. The van der Waals surface area contributed by atoms with E-state index in [1.807, 2.05) is 19.9 Å². The average molecular weight is 628 g/mol. The predicted octanol–water partition coefficient (Wildman–Crippen LogP) is 6.16. The minimum absolute atomic E-state index is 0.0725. The number of carbonyl (C=O) groups is 1. The normalized spacial score (nSPS) is 15.0. The summed E-state index contributed by atoms with van der Waals surface area (Å²) >= 11 is 13.7. The molecule has 0 fully saturated rings. The number of methoxy groups -OCH3 is 1. The van der Waals surface area contributed by atoms with E-state index < -0.39 is 12.0 Å². The van der Waals surface area contributed by atoms with Crippen LogP contribution in [0, 0.1) is 0 Å². The zero-order chi connectivity index (χ0) is 30.1. The molecule has 0 unspecified atom stereocenters. The molecule has 0 spiro atoms. The summed E-state index contributed by atoms with van der Waals surface area (Å²) in [5.41, 5.74) is 1.68. The number of rotatable bonds is 8. The van der Waals surface area contributed by atoms with Crippen LogP contribution in [0.5, 0.6) is 11.5 Å². The van der Waals surface area contributed by atoms with Crippen molar-refractivity contribution in [1.82, 2.24) is 4.57 Å². The fourth-order valence-corrected chi connectivity index (χ4v) is 6.13. The van der Waals surface area contributed by atoms with Crippen LogP contribution in [-0.4, -0.2) is 30.4 Å². The van der Waals surface area contributed by atoms with Crippen molar-refractivity contribution in [3.63, 3.8) is 0 Å². The van der Waals surface area contributed by atoms with Gasteiger partial charge in [-0.05, 0) is 69.7 Å². The Morgan fingerprint density at radius 3 is 2.67 bits per heavy atom. The Hall–Kier alpha value is -3.79. The Bertz CT molecular complexity index is 1890. The van der Waals surface area contributed by atoms with Crippen molar-refractivity contribution < 1.29 is 23.4 Å². The van der Waals surface area contributed by atoms with Crippen molar-refractivity contribution in [3.8, 4) is 22.8 Å². The number of benzene rings is 2. The van der Waals surface area contributed by atoms with E-state index in [1.54, 1.807) is 69.5 Å². The lowest BCUT2D eigenvalue weighted by atomic mass is 9.95. The molecule has 0 saturated carbocycles. The number of hydrogen-bond acceptors (Lipinski definition) is 8. The second-order valence-corrected chi connectivity index (χ2v) is 11.5. The topological polar surface area (TPSA) is 92.3 Å². The molecule has 1 atom stereocenters. The van der Waals surface area contributed by atoms with Gasteiger partial charge in [-0.25, -0.2) is 9.79 Å². The quantitative estimate of drug-likeness (QED) is 0.217. The van der Waals surface area contributed by atoms with Crippen molar-refractivity contribution in [2.45, 2.75) is 39.8 Å². The number of furan rings is 1. The number of thiazole rings is 1. The van der Waals surface area contributed by atoms with E-state index in [0.29, 0.717) is 59.2 Å². The van der Waals surface area contributed by atoms with Crippen molar-refractivity contribution in [1.29, 1.82) is 0 Å². The number of fused-ring (bicyclic) bond motifs is 1. The summed E-state index contributed by atoms with van der Waals surface area (Å²) in [6, 6.07) is 13.3. The van der Waals surface area contributed by atoms with Crippen LogP contribution in [0.2, 0.25) is 10.0 Å². The molecule has 42 heavy (non-hydrogen) atoms. The third-order valence-electron chi connectivity index (χ3n) is 6.50. The maximum Gasteiger partial charge on any atom is 0.338 e. The lowest BCUT2D eigenvalue weighted by Crippen LogP contribution is -2.40. The zero-order valence-electron chi connectivity index (χ0n) is 23.6. The Kier molecular flexibility index (Phi) is 8.63. The molecule has 1 aliphatic rings. The van der Waals surface area contributed by atoms with E-state index >= 15 is 0 Å². The van der Waals surface area contributed by atoms with Crippen molar-refractivity contribution in [2.75, 3.05) is 13.7 Å². The van der Waals surface area contributed by atoms with Gasteiger partial charge in [0.15, 0.2) is 16.3 Å². The van der Waals surface area contributed by atoms with Gasteiger partial charge >= 0.3 is 5.97 Å². The summed E-state index contributed by atoms with van der Waals surface area (Å²) in [7, 11) is 1.54. The molecule has 218 valence electrons. The van der Waals surface area contributed by atoms with Crippen LogP contribution < -0.4 is 24.4 Å². The summed E-state index contributed by atoms with van der Waals surface area (Å²) in [5, 5.41) is 0.787. The van der Waals surface area contributed by atoms with E-state index in [1.165, 1.54) is 15.9 Å². The summed E-state index contributed by atoms with van der Waals surface area (Å²) in [4.78, 5) is 32.2. The molecular weight excluding hydrogens is 599 g/mol. The second-order valence-electron chi connectivity index (χ2n) is 9.68. The monoisotopic (exact) mass is 626 g/mol. The first-order valence-electron chi connectivity index (χ1n) is 13.2. The molecule has 0 saturated heterocycles. The second kappa shape index (κ2) is 12.2. The first-order chi connectivity index (χ1) is 20.1. The molecule has 0 bridgehead atoms. The Balaban J connectivity index is 1.65. The third kappa shape index (κ3) is 5.64. The van der Waals surface area contributed by atoms with Gasteiger partial charge in [0.25, 0.3) is 5.56 Å². The Morgan fingerprint density at radius 2 is 1.95 bits per heavy atom. The molecule has 8 nitrogen and oxygen atoms in total.